The lowest BCUT2D eigenvalue weighted by molar-refractivity contribution is -0.117. The largest absolute Gasteiger partial charge is 0.495 e. The predicted octanol–water partition coefficient (Wildman–Crippen LogP) is 1.14. The molecule has 1 amide bonds. The van der Waals surface area contributed by atoms with Crippen LogP contribution in [0.1, 0.15) is 30.7 Å². The number of amides is 1. The van der Waals surface area contributed by atoms with Crippen LogP contribution in [0.2, 0.25) is 0 Å². The standard InChI is InChI=1S/C20H25N5O5S/c1-6-14-15(11-21)20(27)25(23-16(14)7-2)12-19(26)22-13-8-9-17(30-5)18(10-13)31(28,29)24(3)4/h8-10H,6-7,12H2,1-5H3,(H,22,26). The van der Waals surface area contributed by atoms with Crippen LogP contribution in [0.15, 0.2) is 27.9 Å². The monoisotopic (exact) mass is 447 g/mol. The summed E-state index contributed by atoms with van der Waals surface area (Å²) in [4.78, 5) is 25.0. The number of sulfonamides is 1. The van der Waals surface area contributed by atoms with Gasteiger partial charge in [0.25, 0.3) is 5.56 Å². The van der Waals surface area contributed by atoms with E-state index in [1.54, 1.807) is 0 Å². The van der Waals surface area contributed by atoms with E-state index in [1.165, 1.54) is 39.4 Å². The van der Waals surface area contributed by atoms with Crippen molar-refractivity contribution in [2.45, 2.75) is 38.1 Å². The van der Waals surface area contributed by atoms with E-state index >= 15 is 0 Å². The molecule has 166 valence electrons. The third-order valence-electron chi connectivity index (χ3n) is 4.64. The first-order valence-corrected chi connectivity index (χ1v) is 11.0. The molecule has 2 aromatic rings. The lowest BCUT2D eigenvalue weighted by atomic mass is 10.0. The van der Waals surface area contributed by atoms with Gasteiger partial charge < -0.3 is 10.1 Å². The number of carbonyl (C=O) groups excluding carboxylic acids is 1. The highest BCUT2D eigenvalue weighted by molar-refractivity contribution is 7.89. The number of aromatic nitrogens is 2. The van der Waals surface area contributed by atoms with Crippen LogP contribution >= 0.6 is 0 Å². The smallest absolute Gasteiger partial charge is 0.285 e. The van der Waals surface area contributed by atoms with E-state index in [1.807, 2.05) is 19.9 Å². The van der Waals surface area contributed by atoms with E-state index in [0.717, 1.165) is 8.99 Å². The summed E-state index contributed by atoms with van der Waals surface area (Å²) in [7, 11) is 0.300. The summed E-state index contributed by atoms with van der Waals surface area (Å²) >= 11 is 0. The van der Waals surface area contributed by atoms with Gasteiger partial charge in [-0.2, -0.15) is 10.4 Å². The van der Waals surface area contributed by atoms with Crippen molar-refractivity contribution in [3.05, 3.63) is 45.4 Å². The molecule has 0 aliphatic rings. The van der Waals surface area contributed by atoms with E-state index in [9.17, 15) is 23.3 Å². The molecular weight excluding hydrogens is 422 g/mol. The van der Waals surface area contributed by atoms with E-state index in [2.05, 4.69) is 10.4 Å². The molecule has 31 heavy (non-hydrogen) atoms. The first kappa shape index (κ1) is 24.0. The van der Waals surface area contributed by atoms with Crippen molar-refractivity contribution >= 4 is 21.6 Å². The number of carbonyl (C=O) groups is 1. The molecule has 10 nitrogen and oxygen atoms in total. The van der Waals surface area contributed by atoms with Crippen molar-refractivity contribution in [3.63, 3.8) is 0 Å². The van der Waals surface area contributed by atoms with Crippen LogP contribution in [-0.4, -0.2) is 49.6 Å². The maximum Gasteiger partial charge on any atom is 0.285 e. The van der Waals surface area contributed by atoms with E-state index in [4.69, 9.17) is 4.74 Å². The van der Waals surface area contributed by atoms with Crippen LogP contribution in [0, 0.1) is 11.3 Å². The highest BCUT2D eigenvalue weighted by atomic mass is 32.2. The number of ether oxygens (including phenoxy) is 1. The minimum atomic E-state index is -3.82. The Hall–Kier alpha value is -3.23. The predicted molar refractivity (Wildman–Crippen MR) is 114 cm³/mol. The summed E-state index contributed by atoms with van der Waals surface area (Å²) < 4.78 is 32.2. The molecule has 0 atom stereocenters. The highest BCUT2D eigenvalue weighted by Gasteiger charge is 2.23. The van der Waals surface area contributed by atoms with Gasteiger partial charge in [0.05, 0.1) is 12.8 Å². The molecule has 0 saturated heterocycles. The van der Waals surface area contributed by atoms with Gasteiger partial charge in [0.15, 0.2) is 0 Å². The number of hydrogen-bond acceptors (Lipinski definition) is 7. The number of benzene rings is 1. The molecule has 0 aliphatic heterocycles. The minimum absolute atomic E-state index is 0.0223. The molecule has 0 spiro atoms. The molecule has 1 aromatic heterocycles. The van der Waals surface area contributed by atoms with Crippen molar-refractivity contribution in [3.8, 4) is 11.8 Å². The highest BCUT2D eigenvalue weighted by Crippen LogP contribution is 2.28. The molecule has 0 unspecified atom stereocenters. The average Bonchev–Trinajstić information content (AvgIpc) is 2.74. The van der Waals surface area contributed by atoms with Gasteiger partial charge in [0.1, 0.15) is 28.8 Å². The van der Waals surface area contributed by atoms with Crippen molar-refractivity contribution < 1.29 is 17.9 Å². The number of methoxy groups -OCH3 is 1. The molecule has 0 radical (unpaired) electrons. The van der Waals surface area contributed by atoms with Gasteiger partial charge in [0.2, 0.25) is 15.9 Å². The number of nitrogens with one attached hydrogen (secondary N) is 1. The Balaban J connectivity index is 2.38. The van der Waals surface area contributed by atoms with Crippen LogP contribution in [0.4, 0.5) is 5.69 Å². The van der Waals surface area contributed by atoms with Gasteiger partial charge >= 0.3 is 0 Å². The third kappa shape index (κ3) is 4.92. The average molecular weight is 448 g/mol. The molecule has 11 heteroatoms. The number of hydrogen-bond donors (Lipinski definition) is 1. The number of nitriles is 1. The zero-order chi connectivity index (χ0) is 23.3. The Morgan fingerprint density at radius 3 is 2.48 bits per heavy atom. The fourth-order valence-electron chi connectivity index (χ4n) is 3.03. The molecule has 2 rings (SSSR count). The molecule has 0 aliphatic carbocycles. The number of rotatable bonds is 8. The van der Waals surface area contributed by atoms with E-state index in [0.29, 0.717) is 24.1 Å². The maximum absolute atomic E-state index is 12.6. The summed E-state index contributed by atoms with van der Waals surface area (Å²) in [6.07, 6.45) is 0.986. The van der Waals surface area contributed by atoms with Gasteiger partial charge in [-0.25, -0.2) is 17.4 Å². The van der Waals surface area contributed by atoms with Crippen LogP contribution in [0.25, 0.3) is 0 Å². The van der Waals surface area contributed by atoms with Crippen molar-refractivity contribution in [1.29, 1.82) is 5.26 Å². The topological polar surface area (TPSA) is 134 Å². The molecule has 0 fully saturated rings. The van der Waals surface area contributed by atoms with Gasteiger partial charge in [0, 0.05) is 19.8 Å². The van der Waals surface area contributed by atoms with E-state index in [-0.39, 0.29) is 21.9 Å². The fourth-order valence-corrected chi connectivity index (χ4v) is 4.11. The number of nitrogens with zero attached hydrogens (tertiary/aromatic N) is 4. The van der Waals surface area contributed by atoms with Gasteiger partial charge in [-0.05, 0) is 36.6 Å². The first-order chi connectivity index (χ1) is 14.6. The van der Waals surface area contributed by atoms with E-state index < -0.39 is 28.0 Å². The summed E-state index contributed by atoms with van der Waals surface area (Å²) in [5.41, 5.74) is 0.708. The second kappa shape index (κ2) is 9.72. The lowest BCUT2D eigenvalue weighted by Gasteiger charge is -2.16. The lowest BCUT2D eigenvalue weighted by Crippen LogP contribution is -2.33. The number of anilines is 1. The number of aryl methyl sites for hydroxylation is 1. The Kier molecular flexibility index (Phi) is 7.54. The summed E-state index contributed by atoms with van der Waals surface area (Å²) in [5.74, 6) is -0.464. The van der Waals surface area contributed by atoms with Crippen molar-refractivity contribution in [2.75, 3.05) is 26.5 Å². The molecule has 1 heterocycles. The zero-order valence-corrected chi connectivity index (χ0v) is 18.9. The summed E-state index contributed by atoms with van der Waals surface area (Å²) in [6.45, 7) is 3.25. The molecular formula is C20H25N5O5S. The normalized spacial score (nSPS) is 11.3. The fraction of sp³-hybridized carbons (Fsp3) is 0.400. The van der Waals surface area contributed by atoms with Gasteiger partial charge in [-0.3, -0.25) is 9.59 Å². The van der Waals surface area contributed by atoms with Crippen LogP contribution in [0.3, 0.4) is 0 Å². The maximum atomic E-state index is 12.6. The zero-order valence-electron chi connectivity index (χ0n) is 18.1. The second-order valence-corrected chi connectivity index (χ2v) is 8.90. The summed E-state index contributed by atoms with van der Waals surface area (Å²) in [5, 5.41) is 16.2. The molecule has 0 bridgehead atoms. The Morgan fingerprint density at radius 1 is 1.29 bits per heavy atom. The van der Waals surface area contributed by atoms with Crippen LogP contribution in [0.5, 0.6) is 5.75 Å². The Morgan fingerprint density at radius 2 is 1.97 bits per heavy atom. The van der Waals surface area contributed by atoms with Gasteiger partial charge in [-0.15, -0.1) is 0 Å². The Labute approximate surface area is 181 Å². The first-order valence-electron chi connectivity index (χ1n) is 9.54. The van der Waals surface area contributed by atoms with Crippen molar-refractivity contribution in [2.24, 2.45) is 0 Å². The minimum Gasteiger partial charge on any atom is -0.495 e. The SMILES string of the molecule is CCc1nn(CC(=O)Nc2ccc(OC)c(S(=O)(=O)N(C)C)c2)c(=O)c(C#N)c1CC. The van der Waals surface area contributed by atoms with Crippen molar-refractivity contribution in [1.82, 2.24) is 14.1 Å². The van der Waals surface area contributed by atoms with Gasteiger partial charge in [-0.1, -0.05) is 13.8 Å². The Bertz CT molecular complexity index is 1200. The molecule has 1 N–H and O–H groups in total. The molecule has 1 aromatic carbocycles. The second-order valence-electron chi connectivity index (χ2n) is 6.78. The quantitative estimate of drug-likeness (QED) is 0.641. The molecule has 0 saturated carbocycles. The van der Waals surface area contributed by atoms with Crippen LogP contribution < -0.4 is 15.6 Å². The van der Waals surface area contributed by atoms with Crippen LogP contribution in [-0.2, 0) is 34.2 Å². The summed E-state index contributed by atoms with van der Waals surface area (Å²) in [6, 6.07) is 6.10. The third-order valence-corrected chi connectivity index (χ3v) is 6.48.